The first-order chi connectivity index (χ1) is 10.8. The van der Waals surface area contributed by atoms with Crippen molar-refractivity contribution in [2.75, 3.05) is 0 Å². The topological polar surface area (TPSA) is 55.5 Å². The van der Waals surface area contributed by atoms with E-state index in [4.69, 9.17) is 5.73 Å². The van der Waals surface area contributed by atoms with Crippen LogP contribution in [0.15, 0.2) is 24.3 Å². The quantitative estimate of drug-likeness (QED) is 0.776. The summed E-state index contributed by atoms with van der Waals surface area (Å²) in [6.07, 6.45) is -4.80. The molecule has 1 aliphatic rings. The van der Waals surface area contributed by atoms with E-state index < -0.39 is 30.4 Å². The number of hydrogen-bond acceptors (Lipinski definition) is 3. The van der Waals surface area contributed by atoms with Gasteiger partial charge < -0.3 is 15.6 Å². The number of hydrogen-bond donors (Lipinski definition) is 2. The molecule has 0 amide bonds. The Kier molecular flexibility index (Phi) is 5.86. The van der Waals surface area contributed by atoms with Crippen molar-refractivity contribution >= 4 is 0 Å². The lowest BCUT2D eigenvalue weighted by Crippen LogP contribution is -2.36. The van der Waals surface area contributed by atoms with Gasteiger partial charge in [-0.2, -0.15) is 17.6 Å². The molecule has 3 N–H and O–H groups in total. The van der Waals surface area contributed by atoms with Crippen molar-refractivity contribution in [2.45, 2.75) is 56.8 Å². The molecule has 2 rings (SSSR count). The van der Waals surface area contributed by atoms with E-state index in [9.17, 15) is 22.7 Å². The van der Waals surface area contributed by atoms with E-state index in [0.717, 1.165) is 38.2 Å². The smallest absolute Gasteiger partial charge is 0.428 e. The Morgan fingerprint density at radius 2 is 1.74 bits per heavy atom. The molecule has 0 spiro atoms. The summed E-state index contributed by atoms with van der Waals surface area (Å²) in [4.78, 5) is 0. The van der Waals surface area contributed by atoms with Crippen LogP contribution in [0.25, 0.3) is 0 Å². The summed E-state index contributed by atoms with van der Waals surface area (Å²) in [6.45, 7) is 0. The third-order valence-corrected chi connectivity index (χ3v) is 4.28. The molecule has 130 valence electrons. The highest BCUT2D eigenvalue weighted by Gasteiger charge is 2.44. The van der Waals surface area contributed by atoms with E-state index >= 15 is 0 Å². The van der Waals surface area contributed by atoms with E-state index in [-0.39, 0.29) is 11.5 Å². The van der Waals surface area contributed by atoms with Crippen molar-refractivity contribution < 1.29 is 27.4 Å². The Bertz CT molecular complexity index is 507. The summed E-state index contributed by atoms with van der Waals surface area (Å²) >= 11 is 0. The molecule has 1 fully saturated rings. The van der Waals surface area contributed by atoms with Crippen LogP contribution < -0.4 is 10.5 Å². The fourth-order valence-corrected chi connectivity index (χ4v) is 2.99. The highest BCUT2D eigenvalue weighted by Crippen LogP contribution is 2.36. The zero-order valence-corrected chi connectivity index (χ0v) is 12.6. The largest absolute Gasteiger partial charge is 0.461 e. The van der Waals surface area contributed by atoms with Gasteiger partial charge in [0, 0.05) is 5.56 Å². The zero-order valence-electron chi connectivity index (χ0n) is 12.6. The molecule has 0 aromatic heterocycles. The Labute approximate surface area is 132 Å². The first kappa shape index (κ1) is 18.0. The molecule has 1 saturated carbocycles. The fourth-order valence-electron chi connectivity index (χ4n) is 2.99. The van der Waals surface area contributed by atoms with Gasteiger partial charge in [0.1, 0.15) is 5.75 Å². The van der Waals surface area contributed by atoms with E-state index in [1.807, 2.05) is 0 Å². The Balaban J connectivity index is 2.18. The van der Waals surface area contributed by atoms with Gasteiger partial charge in [-0.05, 0) is 24.8 Å². The molecule has 7 heteroatoms. The van der Waals surface area contributed by atoms with Gasteiger partial charge in [0.2, 0.25) is 0 Å². The number of ether oxygens (including phenoxy) is 1. The minimum absolute atomic E-state index is 0.0255. The lowest BCUT2D eigenvalue weighted by atomic mass is 9.81. The van der Waals surface area contributed by atoms with Crippen molar-refractivity contribution in [2.24, 2.45) is 11.7 Å². The molecule has 0 aliphatic heterocycles. The maximum atomic E-state index is 13.2. The summed E-state index contributed by atoms with van der Waals surface area (Å²) in [5.41, 5.74) is 6.11. The molecule has 0 heterocycles. The molecule has 1 aromatic carbocycles. The monoisotopic (exact) mass is 335 g/mol. The number of alkyl halides is 4. The summed E-state index contributed by atoms with van der Waals surface area (Å²) in [5.74, 6) is -0.456. The summed E-state index contributed by atoms with van der Waals surface area (Å²) < 4.78 is 55.1. The maximum Gasteiger partial charge on any atom is 0.461 e. The van der Waals surface area contributed by atoms with Crippen molar-refractivity contribution in [3.63, 3.8) is 0 Å². The van der Waals surface area contributed by atoms with E-state index in [1.54, 1.807) is 0 Å². The standard InChI is InChI=1S/C16H21F4NO2/c17-15(18)16(19,20)23-12-9-5-4-8-11(12)13(21)14(22)10-6-2-1-3-7-10/h4-5,8-10,13-15,22H,1-3,6-7,21H2/t13-,14+/m1/s1. The second kappa shape index (κ2) is 7.49. The van der Waals surface area contributed by atoms with Gasteiger partial charge in [0.25, 0.3) is 0 Å². The highest BCUT2D eigenvalue weighted by atomic mass is 19.3. The molecule has 0 bridgehead atoms. The number of aliphatic hydroxyl groups is 1. The molecule has 0 radical (unpaired) electrons. The van der Waals surface area contributed by atoms with Crippen LogP contribution >= 0.6 is 0 Å². The summed E-state index contributed by atoms with van der Waals surface area (Å²) in [6, 6.07) is 4.52. The minimum atomic E-state index is -4.61. The van der Waals surface area contributed by atoms with Crippen molar-refractivity contribution in [3.05, 3.63) is 29.8 Å². The first-order valence-corrected chi connectivity index (χ1v) is 7.70. The molecule has 0 saturated heterocycles. The maximum absolute atomic E-state index is 13.2. The van der Waals surface area contributed by atoms with Gasteiger partial charge in [0.15, 0.2) is 0 Å². The number of rotatable bonds is 6. The van der Waals surface area contributed by atoms with Crippen molar-refractivity contribution in [1.82, 2.24) is 0 Å². The number of para-hydroxylation sites is 1. The number of nitrogens with two attached hydrogens (primary N) is 1. The highest BCUT2D eigenvalue weighted by molar-refractivity contribution is 5.36. The van der Waals surface area contributed by atoms with E-state index in [2.05, 4.69) is 4.74 Å². The molecule has 1 aromatic rings. The number of aliphatic hydroxyl groups excluding tert-OH is 1. The van der Waals surface area contributed by atoms with Gasteiger partial charge >= 0.3 is 12.5 Å². The SMILES string of the molecule is N[C@H](c1ccccc1OC(F)(F)C(F)F)[C@@H](O)C1CCCCC1. The predicted molar refractivity (Wildman–Crippen MR) is 77.5 cm³/mol. The Morgan fingerprint density at radius 1 is 1.13 bits per heavy atom. The summed E-state index contributed by atoms with van der Waals surface area (Å²) in [5, 5.41) is 10.4. The Hall–Kier alpha value is -1.34. The van der Waals surface area contributed by atoms with Crippen LogP contribution in [0.4, 0.5) is 17.6 Å². The molecule has 23 heavy (non-hydrogen) atoms. The lowest BCUT2D eigenvalue weighted by Gasteiger charge is -2.31. The average molecular weight is 335 g/mol. The van der Waals surface area contributed by atoms with Crippen LogP contribution in [0.2, 0.25) is 0 Å². The van der Waals surface area contributed by atoms with Crippen LogP contribution in [-0.4, -0.2) is 23.7 Å². The molecule has 0 unspecified atom stereocenters. The van der Waals surface area contributed by atoms with E-state index in [1.165, 1.54) is 18.2 Å². The van der Waals surface area contributed by atoms with Gasteiger partial charge in [-0.15, -0.1) is 0 Å². The minimum Gasteiger partial charge on any atom is -0.428 e. The molecule has 3 nitrogen and oxygen atoms in total. The number of halogens is 4. The molecule has 2 atom stereocenters. The van der Waals surface area contributed by atoms with Crippen LogP contribution in [0.3, 0.4) is 0 Å². The van der Waals surface area contributed by atoms with Gasteiger partial charge in [0.05, 0.1) is 12.1 Å². The second-order valence-electron chi connectivity index (χ2n) is 5.92. The normalized spacial score (nSPS) is 19.6. The summed E-state index contributed by atoms with van der Waals surface area (Å²) in [7, 11) is 0. The van der Waals surface area contributed by atoms with Crippen molar-refractivity contribution in [3.8, 4) is 5.75 Å². The fraction of sp³-hybridized carbons (Fsp3) is 0.625. The van der Waals surface area contributed by atoms with Crippen LogP contribution in [-0.2, 0) is 0 Å². The number of benzene rings is 1. The second-order valence-corrected chi connectivity index (χ2v) is 5.92. The van der Waals surface area contributed by atoms with E-state index in [0.29, 0.717) is 0 Å². The third kappa shape index (κ3) is 4.35. The lowest BCUT2D eigenvalue weighted by molar-refractivity contribution is -0.253. The van der Waals surface area contributed by atoms with Crippen LogP contribution in [0, 0.1) is 5.92 Å². The van der Waals surface area contributed by atoms with Gasteiger partial charge in [-0.3, -0.25) is 0 Å². The molecular weight excluding hydrogens is 314 g/mol. The van der Waals surface area contributed by atoms with Crippen LogP contribution in [0.5, 0.6) is 5.75 Å². The van der Waals surface area contributed by atoms with Crippen LogP contribution in [0.1, 0.15) is 43.7 Å². The van der Waals surface area contributed by atoms with Gasteiger partial charge in [-0.1, -0.05) is 37.5 Å². The van der Waals surface area contributed by atoms with Crippen molar-refractivity contribution in [1.29, 1.82) is 0 Å². The Morgan fingerprint density at radius 3 is 2.35 bits per heavy atom. The molecular formula is C16H21F4NO2. The first-order valence-electron chi connectivity index (χ1n) is 7.70. The average Bonchev–Trinajstić information content (AvgIpc) is 2.54. The third-order valence-electron chi connectivity index (χ3n) is 4.28. The zero-order chi connectivity index (χ0) is 17.0. The van der Waals surface area contributed by atoms with Gasteiger partial charge in [-0.25, -0.2) is 0 Å². The predicted octanol–water partition coefficient (Wildman–Crippen LogP) is 3.86. The molecule has 1 aliphatic carbocycles.